The number of rotatable bonds is 7. The molecular weight excluding hydrogens is 598 g/mol. The molecule has 3 fully saturated rings. The molecule has 5 rings (SSSR count). The number of halogens is 1. The molecule has 3 aliphatic rings. The lowest BCUT2D eigenvalue weighted by Gasteiger charge is -2.39. The van der Waals surface area contributed by atoms with Crippen LogP contribution in [0, 0.1) is 24.1 Å². The topological polar surface area (TPSA) is 107 Å². The largest absolute Gasteiger partial charge is 0.366 e. The third-order valence-electron chi connectivity index (χ3n) is 8.03. The molecule has 3 saturated heterocycles. The van der Waals surface area contributed by atoms with Crippen LogP contribution in [0.4, 0.5) is 15.9 Å². The van der Waals surface area contributed by atoms with Crippen molar-refractivity contribution in [1.82, 2.24) is 9.47 Å². The highest BCUT2D eigenvalue weighted by Crippen LogP contribution is 2.38. The molecule has 3 aliphatic heterocycles. The number of amides is 1. The normalized spacial score (nSPS) is 21.4. The molecule has 1 aromatic carbocycles. The first kappa shape index (κ1) is 30.3. The van der Waals surface area contributed by atoms with E-state index in [0.717, 1.165) is 18.2 Å². The minimum Gasteiger partial charge on any atom is -0.366 e. The summed E-state index contributed by atoms with van der Waals surface area (Å²) in [5, 5.41) is 9.95. The second-order valence-corrected chi connectivity index (χ2v) is 14.6. The summed E-state index contributed by atoms with van der Waals surface area (Å²) < 4.78 is 40.7. The number of nitrogens with zero attached hydrogens (tertiary/aromatic N) is 5. The first-order valence-corrected chi connectivity index (χ1v) is 17.0. The summed E-state index contributed by atoms with van der Waals surface area (Å²) in [6.45, 7) is 6.14. The van der Waals surface area contributed by atoms with Crippen molar-refractivity contribution in [2.24, 2.45) is 0 Å². The van der Waals surface area contributed by atoms with Crippen molar-refractivity contribution in [3.8, 4) is 6.07 Å². The molecule has 0 bridgehead atoms. The van der Waals surface area contributed by atoms with E-state index in [1.807, 2.05) is 11.8 Å². The molecule has 0 saturated carbocycles. The van der Waals surface area contributed by atoms with Crippen LogP contribution in [0.5, 0.6) is 0 Å². The van der Waals surface area contributed by atoms with E-state index in [1.54, 1.807) is 35.8 Å². The number of sulfone groups is 1. The summed E-state index contributed by atoms with van der Waals surface area (Å²) in [6, 6.07) is 8.19. The molecule has 4 heterocycles. The highest BCUT2D eigenvalue weighted by molar-refractivity contribution is 8.26. The van der Waals surface area contributed by atoms with Crippen molar-refractivity contribution in [2.75, 3.05) is 47.5 Å². The highest BCUT2D eigenvalue weighted by atomic mass is 32.2. The number of piperazine rings is 1. The van der Waals surface area contributed by atoms with Gasteiger partial charge in [-0.2, -0.15) is 5.26 Å². The van der Waals surface area contributed by atoms with Crippen LogP contribution in [-0.4, -0.2) is 71.8 Å². The lowest BCUT2D eigenvalue weighted by atomic mass is 10.0. The van der Waals surface area contributed by atoms with Crippen molar-refractivity contribution in [2.45, 2.75) is 45.7 Å². The van der Waals surface area contributed by atoms with Gasteiger partial charge in [-0.05, 0) is 43.5 Å². The zero-order valence-electron chi connectivity index (χ0n) is 23.5. The van der Waals surface area contributed by atoms with Crippen molar-refractivity contribution in [3.63, 3.8) is 0 Å². The van der Waals surface area contributed by atoms with Gasteiger partial charge in [0.15, 0.2) is 9.84 Å². The number of benzene rings is 1. The first-order valence-electron chi connectivity index (χ1n) is 14.0. The van der Waals surface area contributed by atoms with E-state index in [2.05, 4.69) is 11.0 Å². The zero-order valence-corrected chi connectivity index (χ0v) is 26.0. The van der Waals surface area contributed by atoms with E-state index in [9.17, 15) is 27.7 Å². The monoisotopic (exact) mass is 629 g/mol. The van der Waals surface area contributed by atoms with E-state index >= 15 is 0 Å². The highest BCUT2D eigenvalue weighted by Gasteiger charge is 2.42. The summed E-state index contributed by atoms with van der Waals surface area (Å²) in [5.74, 6) is -0.149. The smallest absolute Gasteiger partial charge is 0.270 e. The van der Waals surface area contributed by atoms with Gasteiger partial charge in [-0.3, -0.25) is 19.1 Å². The van der Waals surface area contributed by atoms with Crippen LogP contribution in [0.1, 0.15) is 42.9 Å². The Hall–Kier alpha value is -3.21. The summed E-state index contributed by atoms with van der Waals surface area (Å²) in [4.78, 5) is 32.9. The maximum Gasteiger partial charge on any atom is 0.270 e. The lowest BCUT2D eigenvalue weighted by molar-refractivity contribution is -0.123. The van der Waals surface area contributed by atoms with Gasteiger partial charge in [-0.1, -0.05) is 49.5 Å². The molecule has 9 nitrogen and oxygen atoms in total. The Kier molecular flexibility index (Phi) is 8.78. The molecule has 0 N–H and O–H groups in total. The fourth-order valence-corrected chi connectivity index (χ4v) is 8.86. The standard InChI is InChI=1S/C29H32FN5O4S3/c1-3-4-10-34-26(33-13-11-32(12-14-33)24-8-6-5-7-23(24)30)21(19(2)22(17-31)27(34)36)16-25-28(37)35(29(40)41-25)20-9-15-42(38,39)18-20/h5-8,16,20H,3-4,9-15,18H2,1-2H3. The second-order valence-electron chi connectivity index (χ2n) is 10.7. The van der Waals surface area contributed by atoms with E-state index < -0.39 is 15.9 Å². The number of pyridine rings is 1. The van der Waals surface area contributed by atoms with Gasteiger partial charge in [-0.15, -0.1) is 0 Å². The maximum atomic E-state index is 14.5. The van der Waals surface area contributed by atoms with Crippen LogP contribution < -0.4 is 15.4 Å². The Morgan fingerprint density at radius 2 is 1.86 bits per heavy atom. The molecule has 2 aromatic rings. The fraction of sp³-hybridized carbons (Fsp3) is 0.448. The van der Waals surface area contributed by atoms with Crippen molar-refractivity contribution in [1.29, 1.82) is 5.26 Å². The number of aromatic nitrogens is 1. The van der Waals surface area contributed by atoms with Gasteiger partial charge in [0.05, 0.1) is 28.1 Å². The number of thioether (sulfide) groups is 1. The number of hydrogen-bond donors (Lipinski definition) is 0. The number of carbonyl (C=O) groups is 1. The molecule has 0 aliphatic carbocycles. The summed E-state index contributed by atoms with van der Waals surface area (Å²) in [7, 11) is -3.23. The van der Waals surface area contributed by atoms with E-state index in [4.69, 9.17) is 12.2 Å². The molecule has 1 atom stereocenters. The number of hydrogen-bond acceptors (Lipinski definition) is 9. The molecule has 0 spiro atoms. The summed E-state index contributed by atoms with van der Waals surface area (Å²) in [5.41, 5.74) is 1.21. The molecule has 1 aromatic heterocycles. The van der Waals surface area contributed by atoms with Crippen LogP contribution in [-0.2, 0) is 21.2 Å². The van der Waals surface area contributed by atoms with E-state index in [1.165, 1.54) is 11.0 Å². The van der Waals surface area contributed by atoms with Crippen LogP contribution in [0.25, 0.3) is 6.08 Å². The molecule has 0 radical (unpaired) electrons. The predicted molar refractivity (Wildman–Crippen MR) is 168 cm³/mol. The third kappa shape index (κ3) is 5.72. The van der Waals surface area contributed by atoms with Crippen LogP contribution in [0.15, 0.2) is 34.0 Å². The number of anilines is 2. The average Bonchev–Trinajstić information content (AvgIpc) is 3.46. The third-order valence-corrected chi connectivity index (χ3v) is 11.1. The van der Waals surface area contributed by atoms with Crippen LogP contribution in [0.3, 0.4) is 0 Å². The molecule has 1 amide bonds. The Morgan fingerprint density at radius 1 is 1.17 bits per heavy atom. The molecule has 222 valence electrons. The molecule has 42 heavy (non-hydrogen) atoms. The first-order chi connectivity index (χ1) is 20.1. The zero-order chi connectivity index (χ0) is 30.2. The number of thiocarbonyl (C=S) groups is 1. The minimum atomic E-state index is -3.23. The summed E-state index contributed by atoms with van der Waals surface area (Å²) >= 11 is 6.62. The number of unbranched alkanes of at least 4 members (excludes halogenated alkanes) is 1. The van der Waals surface area contributed by atoms with Crippen molar-refractivity contribution >= 4 is 61.6 Å². The number of carbonyl (C=O) groups excluding carboxylic acids is 1. The maximum absolute atomic E-state index is 14.5. The van der Waals surface area contributed by atoms with Gasteiger partial charge in [0.25, 0.3) is 11.5 Å². The lowest BCUT2D eigenvalue weighted by Crippen LogP contribution is -2.49. The van der Waals surface area contributed by atoms with Gasteiger partial charge in [-0.25, -0.2) is 12.8 Å². The Morgan fingerprint density at radius 3 is 2.48 bits per heavy atom. The van der Waals surface area contributed by atoms with Crippen molar-refractivity contribution in [3.05, 3.63) is 62.0 Å². The average molecular weight is 630 g/mol. The Bertz CT molecular complexity index is 1670. The Labute approximate surface area is 254 Å². The predicted octanol–water partition coefficient (Wildman–Crippen LogP) is 3.68. The van der Waals surface area contributed by atoms with Gasteiger partial charge >= 0.3 is 0 Å². The summed E-state index contributed by atoms with van der Waals surface area (Å²) in [6.07, 6.45) is 3.58. The quantitative estimate of drug-likeness (QED) is 0.335. The fourth-order valence-electron chi connectivity index (χ4n) is 5.78. The molecular formula is C29H32FN5O4S3. The van der Waals surface area contributed by atoms with Gasteiger partial charge < -0.3 is 9.80 Å². The van der Waals surface area contributed by atoms with Crippen LogP contribution >= 0.6 is 24.0 Å². The van der Waals surface area contributed by atoms with E-state index in [0.29, 0.717) is 77.4 Å². The number of nitriles is 1. The molecule has 1 unspecified atom stereocenters. The van der Waals surface area contributed by atoms with Gasteiger partial charge in [0, 0.05) is 38.3 Å². The van der Waals surface area contributed by atoms with Gasteiger partial charge in [0.1, 0.15) is 27.6 Å². The van der Waals surface area contributed by atoms with Crippen LogP contribution in [0.2, 0.25) is 0 Å². The van der Waals surface area contributed by atoms with Gasteiger partial charge in [0.2, 0.25) is 0 Å². The van der Waals surface area contributed by atoms with E-state index in [-0.39, 0.29) is 34.4 Å². The second kappa shape index (κ2) is 12.2. The Balaban J connectivity index is 1.56. The SMILES string of the molecule is CCCCn1c(N2CCN(c3ccccc3F)CC2)c(C=C2SC(=S)N(C3CCS(=O)(=O)C3)C2=O)c(C)c(C#N)c1=O. The van der Waals surface area contributed by atoms with Crippen molar-refractivity contribution < 1.29 is 17.6 Å². The number of para-hydroxylation sites is 1. The molecule has 13 heteroatoms. The minimum absolute atomic E-state index is 0.0171.